The zero-order valence-corrected chi connectivity index (χ0v) is 8.96. The Morgan fingerprint density at radius 1 is 1.00 bits per heavy atom. The SMILES string of the molecule is OC(CBr)(CBr)CBr. The second-order valence-electron chi connectivity index (χ2n) is 1.63. The number of halogens is 3. The van der Waals surface area contributed by atoms with Crippen LogP contribution in [0.2, 0.25) is 0 Å². The molecule has 50 valence electrons. The Bertz CT molecular complexity index is 54.0. The molecule has 0 aromatic heterocycles. The van der Waals surface area contributed by atoms with E-state index in [0.717, 1.165) is 0 Å². The Morgan fingerprint density at radius 2 is 1.25 bits per heavy atom. The zero-order chi connectivity index (χ0) is 6.62. The Morgan fingerprint density at radius 3 is 1.25 bits per heavy atom. The first-order chi connectivity index (χ1) is 3.68. The van der Waals surface area contributed by atoms with Crippen LogP contribution in [0.15, 0.2) is 0 Å². The van der Waals surface area contributed by atoms with Crippen LogP contribution >= 0.6 is 47.8 Å². The number of hydrogen-bond acceptors (Lipinski definition) is 1. The van der Waals surface area contributed by atoms with Gasteiger partial charge in [-0.2, -0.15) is 0 Å². The summed E-state index contributed by atoms with van der Waals surface area (Å²) in [6.07, 6.45) is 0. The molecule has 0 aromatic rings. The van der Waals surface area contributed by atoms with Crippen molar-refractivity contribution < 1.29 is 5.11 Å². The van der Waals surface area contributed by atoms with Crippen molar-refractivity contribution in [3.63, 3.8) is 0 Å². The summed E-state index contributed by atoms with van der Waals surface area (Å²) in [6.45, 7) is 0. The van der Waals surface area contributed by atoms with Crippen LogP contribution in [0, 0.1) is 0 Å². The molecule has 0 heterocycles. The van der Waals surface area contributed by atoms with Gasteiger partial charge in [-0.15, -0.1) is 0 Å². The van der Waals surface area contributed by atoms with E-state index in [1.807, 2.05) is 0 Å². The van der Waals surface area contributed by atoms with Crippen molar-refractivity contribution in [2.24, 2.45) is 0 Å². The first kappa shape index (κ1) is 9.40. The topological polar surface area (TPSA) is 20.2 Å². The van der Waals surface area contributed by atoms with Gasteiger partial charge < -0.3 is 5.11 Å². The molecule has 0 saturated heterocycles. The number of alkyl halides is 3. The zero-order valence-electron chi connectivity index (χ0n) is 4.20. The highest BCUT2D eigenvalue weighted by Crippen LogP contribution is 2.14. The van der Waals surface area contributed by atoms with Crippen LogP contribution in [0.1, 0.15) is 0 Å². The number of aliphatic hydroxyl groups is 1. The molecule has 0 aliphatic rings. The molecule has 0 saturated carbocycles. The summed E-state index contributed by atoms with van der Waals surface area (Å²) >= 11 is 9.55. The van der Waals surface area contributed by atoms with Crippen LogP contribution in [-0.4, -0.2) is 26.7 Å². The molecule has 1 nitrogen and oxygen atoms in total. The van der Waals surface area contributed by atoms with Gasteiger partial charge in [-0.3, -0.25) is 0 Å². The minimum absolute atomic E-state index is 0.594. The van der Waals surface area contributed by atoms with Crippen LogP contribution in [-0.2, 0) is 0 Å². The highest BCUT2D eigenvalue weighted by Gasteiger charge is 2.21. The number of hydrogen-bond donors (Lipinski definition) is 1. The summed E-state index contributed by atoms with van der Waals surface area (Å²) in [5.41, 5.74) is -0.625. The van der Waals surface area contributed by atoms with Crippen LogP contribution in [0.3, 0.4) is 0 Å². The fourth-order valence-corrected chi connectivity index (χ4v) is 2.89. The highest BCUT2D eigenvalue weighted by atomic mass is 79.9. The molecule has 0 radical (unpaired) electrons. The predicted octanol–water partition coefficient (Wildman–Crippen LogP) is 1.90. The monoisotopic (exact) mass is 308 g/mol. The van der Waals surface area contributed by atoms with Crippen molar-refractivity contribution >= 4 is 47.8 Å². The van der Waals surface area contributed by atoms with Crippen LogP contribution < -0.4 is 0 Å². The average Bonchev–Trinajstić information content (AvgIpc) is 1.87. The lowest BCUT2D eigenvalue weighted by atomic mass is 10.2. The molecular formula is C4H7Br3O. The summed E-state index contributed by atoms with van der Waals surface area (Å²) < 4.78 is 0. The Labute approximate surface area is 74.2 Å². The average molecular weight is 311 g/mol. The predicted molar refractivity (Wildman–Crippen MR) is 46.3 cm³/mol. The molecule has 0 atom stereocenters. The fraction of sp³-hybridized carbons (Fsp3) is 1.00. The van der Waals surface area contributed by atoms with E-state index < -0.39 is 5.60 Å². The molecule has 0 aliphatic carbocycles. The summed E-state index contributed by atoms with van der Waals surface area (Å²) in [7, 11) is 0. The van der Waals surface area contributed by atoms with E-state index >= 15 is 0 Å². The fourth-order valence-electron chi connectivity index (χ4n) is 0.107. The molecule has 0 bridgehead atoms. The maximum atomic E-state index is 9.30. The van der Waals surface area contributed by atoms with Gasteiger partial charge in [-0.05, 0) is 0 Å². The summed E-state index contributed by atoms with van der Waals surface area (Å²) in [6, 6.07) is 0. The normalized spacial score (nSPS) is 12.0. The minimum atomic E-state index is -0.625. The lowest BCUT2D eigenvalue weighted by molar-refractivity contribution is 0.121. The van der Waals surface area contributed by atoms with Gasteiger partial charge in [0.15, 0.2) is 0 Å². The van der Waals surface area contributed by atoms with E-state index in [9.17, 15) is 5.11 Å². The van der Waals surface area contributed by atoms with Crippen LogP contribution in [0.25, 0.3) is 0 Å². The van der Waals surface area contributed by atoms with Crippen molar-refractivity contribution in [3.05, 3.63) is 0 Å². The molecule has 8 heavy (non-hydrogen) atoms. The van der Waals surface area contributed by atoms with E-state index in [2.05, 4.69) is 47.8 Å². The Hall–Kier alpha value is 1.40. The van der Waals surface area contributed by atoms with Crippen LogP contribution in [0.5, 0.6) is 0 Å². The lowest BCUT2D eigenvalue weighted by Crippen LogP contribution is -2.34. The third-order valence-corrected chi connectivity index (χ3v) is 3.88. The Balaban J connectivity index is 3.58. The molecule has 0 unspecified atom stereocenters. The van der Waals surface area contributed by atoms with Crippen LogP contribution in [0.4, 0.5) is 0 Å². The summed E-state index contributed by atoms with van der Waals surface area (Å²) in [4.78, 5) is 0. The van der Waals surface area contributed by atoms with E-state index in [0.29, 0.717) is 16.0 Å². The third kappa shape index (κ3) is 2.80. The van der Waals surface area contributed by atoms with E-state index in [-0.39, 0.29) is 0 Å². The van der Waals surface area contributed by atoms with E-state index in [1.54, 1.807) is 0 Å². The van der Waals surface area contributed by atoms with Gasteiger partial charge in [-0.25, -0.2) is 0 Å². The second-order valence-corrected chi connectivity index (χ2v) is 3.31. The number of rotatable bonds is 3. The highest BCUT2D eigenvalue weighted by molar-refractivity contribution is 9.10. The maximum Gasteiger partial charge on any atom is 0.0936 e. The summed E-state index contributed by atoms with van der Waals surface area (Å²) in [5, 5.41) is 11.1. The smallest absolute Gasteiger partial charge is 0.0936 e. The van der Waals surface area contributed by atoms with E-state index in [1.165, 1.54) is 0 Å². The molecule has 0 rings (SSSR count). The first-order valence-corrected chi connectivity index (χ1v) is 5.45. The maximum absolute atomic E-state index is 9.30. The van der Waals surface area contributed by atoms with Gasteiger partial charge in [-0.1, -0.05) is 47.8 Å². The molecular weight excluding hydrogens is 304 g/mol. The Kier molecular flexibility index (Phi) is 5.00. The molecule has 0 aromatic carbocycles. The molecule has 1 N–H and O–H groups in total. The van der Waals surface area contributed by atoms with Gasteiger partial charge >= 0.3 is 0 Å². The second kappa shape index (κ2) is 4.25. The van der Waals surface area contributed by atoms with E-state index in [4.69, 9.17) is 0 Å². The first-order valence-electron chi connectivity index (χ1n) is 2.09. The standard InChI is InChI=1S/C4H7Br3O/c5-1-4(8,2-6)3-7/h8H,1-3H2. The van der Waals surface area contributed by atoms with Gasteiger partial charge in [0.05, 0.1) is 5.60 Å². The molecule has 0 amide bonds. The molecule has 0 fully saturated rings. The largest absolute Gasteiger partial charge is 0.387 e. The van der Waals surface area contributed by atoms with Crippen molar-refractivity contribution in [2.75, 3.05) is 16.0 Å². The quantitative estimate of drug-likeness (QED) is 0.790. The van der Waals surface area contributed by atoms with Gasteiger partial charge in [0.1, 0.15) is 0 Å². The van der Waals surface area contributed by atoms with Crippen molar-refractivity contribution in [2.45, 2.75) is 5.60 Å². The molecule has 4 heteroatoms. The van der Waals surface area contributed by atoms with Gasteiger partial charge in [0.2, 0.25) is 0 Å². The lowest BCUT2D eigenvalue weighted by Gasteiger charge is -2.18. The van der Waals surface area contributed by atoms with Gasteiger partial charge in [0.25, 0.3) is 0 Å². The van der Waals surface area contributed by atoms with Crippen molar-refractivity contribution in [1.29, 1.82) is 0 Å². The van der Waals surface area contributed by atoms with Crippen molar-refractivity contribution in [3.8, 4) is 0 Å². The third-order valence-electron chi connectivity index (χ3n) is 0.746. The summed E-state index contributed by atoms with van der Waals surface area (Å²) in [5.74, 6) is 0. The molecule has 0 spiro atoms. The molecule has 0 aliphatic heterocycles. The van der Waals surface area contributed by atoms with Crippen molar-refractivity contribution in [1.82, 2.24) is 0 Å². The minimum Gasteiger partial charge on any atom is -0.387 e. The van der Waals surface area contributed by atoms with Gasteiger partial charge in [0, 0.05) is 16.0 Å².